The highest BCUT2D eigenvalue weighted by molar-refractivity contribution is 7.09. The number of ether oxygens (including phenoxy) is 1. The van der Waals surface area contributed by atoms with Gasteiger partial charge in [0.05, 0.1) is 5.01 Å². The average molecular weight is 320 g/mol. The molecule has 7 heteroatoms. The molecule has 1 atom stereocenters. The number of carboxylic acids is 1. The number of nitrogens with one attached hydrogen (secondary N) is 1. The van der Waals surface area contributed by atoms with Crippen LogP contribution in [0.1, 0.15) is 22.4 Å². The molecular weight excluding hydrogens is 304 g/mol. The van der Waals surface area contributed by atoms with E-state index in [9.17, 15) is 9.59 Å². The van der Waals surface area contributed by atoms with Gasteiger partial charge < -0.3 is 15.2 Å². The van der Waals surface area contributed by atoms with Crippen LogP contribution in [-0.2, 0) is 11.2 Å². The molecule has 0 fully saturated rings. The summed E-state index contributed by atoms with van der Waals surface area (Å²) in [5.74, 6) is -0.633. The van der Waals surface area contributed by atoms with Crippen molar-refractivity contribution in [1.82, 2.24) is 10.3 Å². The van der Waals surface area contributed by atoms with Crippen LogP contribution in [0.3, 0.4) is 0 Å². The summed E-state index contributed by atoms with van der Waals surface area (Å²) in [5.41, 5.74) is 0.0344. The molecule has 2 aromatic rings. The maximum atomic E-state index is 11.9. The second-order valence-electron chi connectivity index (χ2n) is 4.55. The summed E-state index contributed by atoms with van der Waals surface area (Å²) < 4.78 is 5.51. The SMILES string of the molecule is CC(Oc1ccccc1)C(=O)NCCc1nc(C(=O)O)cs1. The normalized spacial score (nSPS) is 11.7. The Hall–Kier alpha value is -2.41. The van der Waals surface area contributed by atoms with Gasteiger partial charge in [-0.05, 0) is 19.1 Å². The first kappa shape index (κ1) is 16.0. The summed E-state index contributed by atoms with van der Waals surface area (Å²) in [5, 5.41) is 13.7. The van der Waals surface area contributed by atoms with Crippen molar-refractivity contribution < 1.29 is 19.4 Å². The van der Waals surface area contributed by atoms with E-state index in [2.05, 4.69) is 10.3 Å². The number of thiazole rings is 1. The number of carbonyl (C=O) groups excluding carboxylic acids is 1. The van der Waals surface area contributed by atoms with Crippen LogP contribution in [0.2, 0.25) is 0 Å². The fourth-order valence-corrected chi connectivity index (χ4v) is 2.49. The number of hydrogen-bond donors (Lipinski definition) is 2. The Kier molecular flexibility index (Phi) is 5.48. The van der Waals surface area contributed by atoms with Gasteiger partial charge in [0.25, 0.3) is 5.91 Å². The van der Waals surface area contributed by atoms with E-state index >= 15 is 0 Å². The molecule has 0 radical (unpaired) electrons. The Bertz CT molecular complexity index is 642. The Labute approximate surface area is 131 Å². The second kappa shape index (κ2) is 7.56. The monoisotopic (exact) mass is 320 g/mol. The zero-order valence-electron chi connectivity index (χ0n) is 12.0. The predicted molar refractivity (Wildman–Crippen MR) is 82.3 cm³/mol. The molecule has 0 bridgehead atoms. The molecule has 2 N–H and O–H groups in total. The van der Waals surface area contributed by atoms with Gasteiger partial charge in [-0.1, -0.05) is 18.2 Å². The highest BCUT2D eigenvalue weighted by Gasteiger charge is 2.14. The summed E-state index contributed by atoms with van der Waals surface area (Å²) in [6.45, 7) is 2.06. The molecule has 0 aliphatic rings. The zero-order valence-corrected chi connectivity index (χ0v) is 12.8. The van der Waals surface area contributed by atoms with Crippen molar-refractivity contribution in [2.75, 3.05) is 6.54 Å². The van der Waals surface area contributed by atoms with Gasteiger partial charge in [-0.2, -0.15) is 0 Å². The van der Waals surface area contributed by atoms with Crippen LogP contribution in [-0.4, -0.2) is 34.6 Å². The van der Waals surface area contributed by atoms with Gasteiger partial charge in [0.1, 0.15) is 5.75 Å². The zero-order chi connectivity index (χ0) is 15.9. The van der Waals surface area contributed by atoms with Crippen molar-refractivity contribution in [2.24, 2.45) is 0 Å². The molecule has 1 aromatic carbocycles. The molecular formula is C15H16N2O4S. The van der Waals surface area contributed by atoms with Crippen LogP contribution in [0.4, 0.5) is 0 Å². The minimum Gasteiger partial charge on any atom is -0.481 e. The molecule has 1 heterocycles. The first-order valence-corrected chi connectivity index (χ1v) is 7.61. The highest BCUT2D eigenvalue weighted by Crippen LogP contribution is 2.11. The van der Waals surface area contributed by atoms with Crippen molar-refractivity contribution in [3.8, 4) is 5.75 Å². The van der Waals surface area contributed by atoms with E-state index in [0.29, 0.717) is 23.7 Å². The van der Waals surface area contributed by atoms with E-state index in [-0.39, 0.29) is 11.6 Å². The molecule has 2 rings (SSSR count). The maximum absolute atomic E-state index is 11.9. The third kappa shape index (κ3) is 4.56. The van der Waals surface area contributed by atoms with Crippen molar-refractivity contribution in [2.45, 2.75) is 19.4 Å². The number of aromatic carboxylic acids is 1. The van der Waals surface area contributed by atoms with Gasteiger partial charge in [-0.25, -0.2) is 9.78 Å². The summed E-state index contributed by atoms with van der Waals surface area (Å²) in [6.07, 6.45) is -0.116. The quantitative estimate of drug-likeness (QED) is 0.814. The lowest BCUT2D eigenvalue weighted by Crippen LogP contribution is -2.37. The number of rotatable bonds is 7. The van der Waals surface area contributed by atoms with E-state index in [0.717, 1.165) is 0 Å². The van der Waals surface area contributed by atoms with E-state index in [1.165, 1.54) is 16.7 Å². The molecule has 22 heavy (non-hydrogen) atoms. The highest BCUT2D eigenvalue weighted by atomic mass is 32.1. The number of nitrogens with zero attached hydrogens (tertiary/aromatic N) is 1. The number of aromatic nitrogens is 1. The fraction of sp³-hybridized carbons (Fsp3) is 0.267. The molecule has 1 aromatic heterocycles. The third-order valence-corrected chi connectivity index (χ3v) is 3.74. The number of carbonyl (C=O) groups is 2. The van der Waals surface area contributed by atoms with E-state index in [1.807, 2.05) is 18.2 Å². The molecule has 1 amide bonds. The minimum atomic E-state index is -1.04. The lowest BCUT2D eigenvalue weighted by molar-refractivity contribution is -0.127. The van der Waals surface area contributed by atoms with Crippen molar-refractivity contribution in [3.05, 3.63) is 46.4 Å². The minimum absolute atomic E-state index is 0.0344. The summed E-state index contributed by atoms with van der Waals surface area (Å²) in [7, 11) is 0. The molecule has 0 spiro atoms. The van der Waals surface area contributed by atoms with Crippen LogP contribution >= 0.6 is 11.3 Å². The summed E-state index contributed by atoms with van der Waals surface area (Å²) >= 11 is 1.27. The number of carboxylic acid groups (broad SMARTS) is 1. The lowest BCUT2D eigenvalue weighted by atomic mass is 10.3. The Morgan fingerprint density at radius 2 is 2.09 bits per heavy atom. The van der Waals surface area contributed by atoms with Crippen LogP contribution in [0.25, 0.3) is 0 Å². The largest absolute Gasteiger partial charge is 0.481 e. The number of amides is 1. The number of para-hydroxylation sites is 1. The predicted octanol–water partition coefficient (Wildman–Crippen LogP) is 1.97. The molecule has 0 saturated heterocycles. The maximum Gasteiger partial charge on any atom is 0.355 e. The first-order valence-electron chi connectivity index (χ1n) is 6.73. The Balaban J connectivity index is 1.76. The third-order valence-electron chi connectivity index (χ3n) is 2.83. The van der Waals surface area contributed by atoms with Gasteiger partial charge in [0.15, 0.2) is 11.8 Å². The first-order chi connectivity index (χ1) is 10.6. The van der Waals surface area contributed by atoms with Gasteiger partial charge in [0, 0.05) is 18.3 Å². The van der Waals surface area contributed by atoms with Crippen LogP contribution in [0, 0.1) is 0 Å². The molecule has 6 nitrogen and oxygen atoms in total. The van der Waals surface area contributed by atoms with Gasteiger partial charge in [-0.15, -0.1) is 11.3 Å². The molecule has 116 valence electrons. The lowest BCUT2D eigenvalue weighted by Gasteiger charge is -2.14. The second-order valence-corrected chi connectivity index (χ2v) is 5.49. The average Bonchev–Trinajstić information content (AvgIpc) is 2.97. The molecule has 1 unspecified atom stereocenters. The Morgan fingerprint density at radius 3 is 2.73 bits per heavy atom. The van der Waals surface area contributed by atoms with E-state index < -0.39 is 12.1 Å². The Morgan fingerprint density at radius 1 is 1.36 bits per heavy atom. The van der Waals surface area contributed by atoms with Gasteiger partial charge in [0.2, 0.25) is 0 Å². The summed E-state index contributed by atoms with van der Waals surface area (Å²) in [6, 6.07) is 9.11. The van der Waals surface area contributed by atoms with Crippen molar-refractivity contribution in [1.29, 1.82) is 0 Å². The van der Waals surface area contributed by atoms with Crippen molar-refractivity contribution >= 4 is 23.2 Å². The standard InChI is InChI=1S/C15H16N2O4S/c1-10(21-11-5-3-2-4-6-11)14(18)16-8-7-13-17-12(9-22-13)15(19)20/h2-6,9-10H,7-8H2,1H3,(H,16,18)(H,19,20). The topological polar surface area (TPSA) is 88.5 Å². The number of hydrogen-bond acceptors (Lipinski definition) is 5. The molecule has 0 aliphatic heterocycles. The smallest absolute Gasteiger partial charge is 0.355 e. The summed E-state index contributed by atoms with van der Waals surface area (Å²) in [4.78, 5) is 26.6. The van der Waals surface area contributed by atoms with Gasteiger partial charge >= 0.3 is 5.97 Å². The molecule has 0 aliphatic carbocycles. The fourth-order valence-electron chi connectivity index (χ4n) is 1.72. The van der Waals surface area contributed by atoms with Gasteiger partial charge in [-0.3, -0.25) is 4.79 Å². The van der Waals surface area contributed by atoms with Crippen molar-refractivity contribution in [3.63, 3.8) is 0 Å². The number of benzene rings is 1. The molecule has 0 saturated carbocycles. The van der Waals surface area contributed by atoms with Crippen LogP contribution in [0.5, 0.6) is 5.75 Å². The van der Waals surface area contributed by atoms with Crippen LogP contribution in [0.15, 0.2) is 35.7 Å². The van der Waals surface area contributed by atoms with E-state index in [1.54, 1.807) is 19.1 Å². The van der Waals surface area contributed by atoms with Crippen LogP contribution < -0.4 is 10.1 Å². The van der Waals surface area contributed by atoms with E-state index in [4.69, 9.17) is 9.84 Å².